The molecular weight excluding hydrogens is 418 g/mol. The zero-order chi connectivity index (χ0) is 22.9. The van der Waals surface area contributed by atoms with Crippen molar-refractivity contribution in [2.24, 2.45) is 0 Å². The van der Waals surface area contributed by atoms with Crippen molar-refractivity contribution in [2.45, 2.75) is 13.3 Å². The Morgan fingerprint density at radius 1 is 1.15 bits per heavy atom. The number of hydrogen-bond donors (Lipinski definition) is 3. The Kier molecular flexibility index (Phi) is 5.56. The van der Waals surface area contributed by atoms with Gasteiger partial charge >= 0.3 is 0 Å². The van der Waals surface area contributed by atoms with E-state index in [1.807, 2.05) is 49.4 Å². The highest BCUT2D eigenvalue weighted by molar-refractivity contribution is 6.11. The maximum absolute atomic E-state index is 13.5. The molecule has 170 valence electrons. The molecule has 1 aliphatic rings. The van der Waals surface area contributed by atoms with Crippen molar-refractivity contribution in [2.75, 3.05) is 38.3 Å². The van der Waals surface area contributed by atoms with Gasteiger partial charge in [-0.3, -0.25) is 4.79 Å². The summed E-state index contributed by atoms with van der Waals surface area (Å²) in [6.45, 7) is 4.76. The number of carbonyl (C=O) groups excluding carboxylic acids is 1. The number of methoxy groups -OCH3 is 1. The van der Waals surface area contributed by atoms with E-state index in [-0.39, 0.29) is 11.7 Å². The number of fused-ring (bicyclic) bond motifs is 4. The molecule has 2 heterocycles. The van der Waals surface area contributed by atoms with Gasteiger partial charge in [-0.25, -0.2) is 0 Å². The van der Waals surface area contributed by atoms with Crippen molar-refractivity contribution in [1.82, 2.24) is 10.3 Å². The summed E-state index contributed by atoms with van der Waals surface area (Å²) in [4.78, 5) is 18.4. The van der Waals surface area contributed by atoms with Crippen LogP contribution in [0.25, 0.3) is 21.7 Å². The summed E-state index contributed by atoms with van der Waals surface area (Å²) in [5.74, 6) is 1.31. The van der Waals surface area contributed by atoms with Crippen LogP contribution >= 0.6 is 0 Å². The van der Waals surface area contributed by atoms with E-state index in [2.05, 4.69) is 10.3 Å². The lowest BCUT2D eigenvalue weighted by Crippen LogP contribution is -2.29. The number of ether oxygens (including phenoxy) is 2. The molecule has 1 aliphatic heterocycles. The monoisotopic (exact) mass is 445 g/mol. The molecule has 3 aromatic carbocycles. The summed E-state index contributed by atoms with van der Waals surface area (Å²) in [6.07, 6.45) is 0.750. The van der Waals surface area contributed by atoms with Crippen molar-refractivity contribution >= 4 is 33.3 Å². The highest BCUT2D eigenvalue weighted by Gasteiger charge is 2.29. The molecule has 3 N–H and O–H groups in total. The average Bonchev–Trinajstić information content (AvgIpc) is 3.45. The van der Waals surface area contributed by atoms with E-state index in [4.69, 9.17) is 9.47 Å². The van der Waals surface area contributed by atoms with Crippen LogP contribution in [-0.2, 0) is 6.42 Å². The van der Waals surface area contributed by atoms with Crippen molar-refractivity contribution in [3.05, 3.63) is 59.8 Å². The maximum Gasteiger partial charge on any atom is 0.274 e. The zero-order valence-electron chi connectivity index (χ0n) is 18.8. The summed E-state index contributed by atoms with van der Waals surface area (Å²) in [5, 5.41) is 16.4. The third-order valence-corrected chi connectivity index (χ3v) is 6.15. The van der Waals surface area contributed by atoms with Crippen LogP contribution in [0.1, 0.15) is 23.0 Å². The predicted octanol–water partition coefficient (Wildman–Crippen LogP) is 4.23. The SMILES string of the molecule is CCNCCOc1cc2cc(C(=O)N3CCc4c3cc(O)c3ccccc43)[nH]c2cc1OC. The smallest absolute Gasteiger partial charge is 0.274 e. The van der Waals surface area contributed by atoms with Gasteiger partial charge in [0.05, 0.1) is 12.8 Å². The van der Waals surface area contributed by atoms with E-state index in [0.29, 0.717) is 30.3 Å². The zero-order valence-corrected chi connectivity index (χ0v) is 18.8. The topological polar surface area (TPSA) is 86.8 Å². The maximum atomic E-state index is 13.5. The number of likely N-dealkylation sites (N-methyl/N-ethyl adjacent to an activating group) is 1. The number of aromatic hydroxyl groups is 1. The Morgan fingerprint density at radius 3 is 2.76 bits per heavy atom. The average molecular weight is 446 g/mol. The van der Waals surface area contributed by atoms with Crippen molar-refractivity contribution in [1.29, 1.82) is 0 Å². The van der Waals surface area contributed by atoms with Crippen LogP contribution in [-0.4, -0.2) is 49.3 Å². The second kappa shape index (κ2) is 8.67. The lowest BCUT2D eigenvalue weighted by Gasteiger charge is -2.17. The number of phenolic OH excluding ortho intramolecular Hbond substituents is 1. The number of phenols is 1. The van der Waals surface area contributed by atoms with E-state index in [0.717, 1.165) is 52.4 Å². The number of carbonyl (C=O) groups is 1. The molecule has 1 aromatic heterocycles. The molecule has 0 radical (unpaired) electrons. The number of aromatic amines is 1. The third-order valence-electron chi connectivity index (χ3n) is 6.15. The first-order chi connectivity index (χ1) is 16.1. The first-order valence-corrected chi connectivity index (χ1v) is 11.2. The van der Waals surface area contributed by atoms with Crippen LogP contribution in [0.15, 0.2) is 48.5 Å². The summed E-state index contributed by atoms with van der Waals surface area (Å²) in [5.41, 5.74) is 3.14. The van der Waals surface area contributed by atoms with Crippen LogP contribution in [0.2, 0.25) is 0 Å². The van der Waals surface area contributed by atoms with Crippen LogP contribution in [0, 0.1) is 0 Å². The summed E-state index contributed by atoms with van der Waals surface area (Å²) in [6, 6.07) is 15.0. The Hall–Kier alpha value is -3.71. The number of nitrogens with zero attached hydrogens (tertiary/aromatic N) is 1. The Balaban J connectivity index is 1.46. The van der Waals surface area contributed by atoms with Gasteiger partial charge in [0.2, 0.25) is 0 Å². The normalized spacial score (nSPS) is 13.0. The van der Waals surface area contributed by atoms with Gasteiger partial charge in [0.15, 0.2) is 11.5 Å². The van der Waals surface area contributed by atoms with E-state index < -0.39 is 0 Å². The molecule has 4 aromatic rings. The van der Waals surface area contributed by atoms with Crippen molar-refractivity contribution in [3.8, 4) is 17.2 Å². The molecule has 0 spiro atoms. The molecule has 5 rings (SSSR count). The highest BCUT2D eigenvalue weighted by Crippen LogP contribution is 2.40. The number of anilines is 1. The minimum Gasteiger partial charge on any atom is -0.507 e. The first kappa shape index (κ1) is 21.2. The van der Waals surface area contributed by atoms with Crippen LogP contribution in [0.5, 0.6) is 17.2 Å². The Morgan fingerprint density at radius 2 is 1.97 bits per heavy atom. The fourth-order valence-electron chi connectivity index (χ4n) is 4.54. The van der Waals surface area contributed by atoms with Gasteiger partial charge < -0.3 is 29.8 Å². The van der Waals surface area contributed by atoms with Crippen LogP contribution < -0.4 is 19.7 Å². The van der Waals surface area contributed by atoms with E-state index in [9.17, 15) is 9.90 Å². The summed E-state index contributed by atoms with van der Waals surface area (Å²) >= 11 is 0. The first-order valence-electron chi connectivity index (χ1n) is 11.2. The third kappa shape index (κ3) is 3.74. The van der Waals surface area contributed by atoms with Gasteiger partial charge in [-0.15, -0.1) is 0 Å². The molecule has 0 bridgehead atoms. The molecule has 1 amide bonds. The molecule has 33 heavy (non-hydrogen) atoms. The molecule has 0 saturated heterocycles. The van der Waals surface area contributed by atoms with E-state index >= 15 is 0 Å². The minimum atomic E-state index is -0.131. The lowest BCUT2D eigenvalue weighted by molar-refractivity contribution is 0.0985. The quantitative estimate of drug-likeness (QED) is 0.371. The van der Waals surface area contributed by atoms with Gasteiger partial charge in [-0.1, -0.05) is 31.2 Å². The lowest BCUT2D eigenvalue weighted by atomic mass is 10.0. The number of benzene rings is 3. The standard InChI is InChI=1S/C26H27N3O4/c1-3-27-9-11-33-25-13-16-12-21(28-20(16)14-24(25)32-2)26(31)29-10-8-18-17-6-4-5-7-19(17)23(30)15-22(18)29/h4-7,12-15,27-28,30H,3,8-11H2,1-2H3. The summed E-state index contributed by atoms with van der Waals surface area (Å²) in [7, 11) is 1.60. The molecule has 0 unspecified atom stereocenters. The number of amides is 1. The second-order valence-electron chi connectivity index (χ2n) is 8.12. The molecule has 0 fully saturated rings. The number of hydrogen-bond acceptors (Lipinski definition) is 5. The largest absolute Gasteiger partial charge is 0.507 e. The number of nitrogens with one attached hydrogen (secondary N) is 2. The second-order valence-corrected chi connectivity index (χ2v) is 8.12. The van der Waals surface area contributed by atoms with E-state index in [1.165, 1.54) is 0 Å². The van der Waals surface area contributed by atoms with Crippen molar-refractivity contribution in [3.63, 3.8) is 0 Å². The van der Waals surface area contributed by atoms with Crippen LogP contribution in [0.4, 0.5) is 5.69 Å². The van der Waals surface area contributed by atoms with Gasteiger partial charge in [-0.05, 0) is 36.0 Å². The predicted molar refractivity (Wildman–Crippen MR) is 130 cm³/mol. The van der Waals surface area contributed by atoms with Gasteiger partial charge in [0.1, 0.15) is 18.1 Å². The van der Waals surface area contributed by atoms with Crippen LogP contribution in [0.3, 0.4) is 0 Å². The van der Waals surface area contributed by atoms with E-state index in [1.54, 1.807) is 18.1 Å². The van der Waals surface area contributed by atoms with Crippen molar-refractivity contribution < 1.29 is 19.4 Å². The molecule has 0 atom stereocenters. The summed E-state index contributed by atoms with van der Waals surface area (Å²) < 4.78 is 11.4. The Labute approximate surface area is 191 Å². The number of aromatic nitrogens is 1. The molecular formula is C26H27N3O4. The van der Waals surface area contributed by atoms with Gasteiger partial charge in [0, 0.05) is 41.5 Å². The minimum absolute atomic E-state index is 0.131. The molecule has 7 heteroatoms. The number of H-pyrrole nitrogens is 1. The highest BCUT2D eigenvalue weighted by atomic mass is 16.5. The Bertz CT molecular complexity index is 1340. The molecule has 0 saturated carbocycles. The molecule has 7 nitrogen and oxygen atoms in total. The number of rotatable bonds is 7. The van der Waals surface area contributed by atoms with Gasteiger partial charge in [-0.2, -0.15) is 0 Å². The van der Waals surface area contributed by atoms with Gasteiger partial charge in [0.25, 0.3) is 5.91 Å². The fraction of sp³-hybridized carbons (Fsp3) is 0.269. The fourth-order valence-corrected chi connectivity index (χ4v) is 4.54. The molecule has 0 aliphatic carbocycles.